The minimum atomic E-state index is -0.0298. The number of anilines is 1. The first-order valence-corrected chi connectivity index (χ1v) is 10.7. The number of hydrogen-bond donors (Lipinski definition) is 2. The largest absolute Gasteiger partial charge is 0.394 e. The number of aromatic nitrogens is 2. The maximum Gasteiger partial charge on any atom is 0.146 e. The highest BCUT2D eigenvalue weighted by atomic mass is 32.1. The fourth-order valence-corrected chi connectivity index (χ4v) is 4.39. The van der Waals surface area contributed by atoms with E-state index in [4.69, 9.17) is 14.7 Å². The predicted molar refractivity (Wildman–Crippen MR) is 114 cm³/mol. The summed E-state index contributed by atoms with van der Waals surface area (Å²) in [6.07, 6.45) is 0.825. The Labute approximate surface area is 169 Å². The molecule has 28 heavy (non-hydrogen) atoms. The van der Waals surface area contributed by atoms with Gasteiger partial charge in [-0.25, -0.2) is 9.97 Å². The fourth-order valence-electron chi connectivity index (χ4n) is 3.42. The van der Waals surface area contributed by atoms with Crippen molar-refractivity contribution in [3.63, 3.8) is 0 Å². The lowest BCUT2D eigenvalue weighted by molar-refractivity contribution is 0.0331. The number of nitrogens with one attached hydrogen (secondary N) is 1. The van der Waals surface area contributed by atoms with E-state index in [9.17, 15) is 5.11 Å². The van der Waals surface area contributed by atoms with Gasteiger partial charge in [0.15, 0.2) is 0 Å². The van der Waals surface area contributed by atoms with Crippen LogP contribution in [-0.4, -0.2) is 58.9 Å². The first-order chi connectivity index (χ1) is 13.8. The average molecular weight is 399 g/mol. The number of fused-ring (bicyclic) bond motifs is 1. The summed E-state index contributed by atoms with van der Waals surface area (Å²) < 4.78 is 5.44. The van der Waals surface area contributed by atoms with Crippen molar-refractivity contribution in [2.45, 2.75) is 25.9 Å². The highest BCUT2D eigenvalue weighted by molar-refractivity contribution is 7.17. The Kier molecular flexibility index (Phi) is 6.17. The van der Waals surface area contributed by atoms with Gasteiger partial charge in [0, 0.05) is 24.0 Å². The van der Waals surface area contributed by atoms with Gasteiger partial charge in [0.1, 0.15) is 16.5 Å². The van der Waals surface area contributed by atoms with Crippen LogP contribution >= 0.6 is 11.3 Å². The molecule has 2 aromatic heterocycles. The molecule has 1 aliphatic heterocycles. The molecule has 2 N–H and O–H groups in total. The topological polar surface area (TPSA) is 70.5 Å². The Morgan fingerprint density at radius 1 is 1.21 bits per heavy atom. The summed E-state index contributed by atoms with van der Waals surface area (Å²) in [5, 5.41) is 16.3. The summed E-state index contributed by atoms with van der Waals surface area (Å²) in [5.41, 5.74) is 2.28. The van der Waals surface area contributed by atoms with Crippen LogP contribution in [0.5, 0.6) is 0 Å². The normalized spacial score (nSPS) is 16.4. The van der Waals surface area contributed by atoms with Crippen molar-refractivity contribution in [3.05, 3.63) is 41.5 Å². The third-order valence-corrected chi connectivity index (χ3v) is 5.96. The Morgan fingerprint density at radius 2 is 2.00 bits per heavy atom. The molecule has 0 radical (unpaired) electrons. The zero-order chi connectivity index (χ0) is 19.3. The first kappa shape index (κ1) is 19.3. The van der Waals surface area contributed by atoms with E-state index in [1.54, 1.807) is 11.3 Å². The van der Waals surface area contributed by atoms with Crippen LogP contribution in [0.4, 0.5) is 5.82 Å². The van der Waals surface area contributed by atoms with Crippen LogP contribution in [-0.2, 0) is 11.3 Å². The van der Waals surface area contributed by atoms with Gasteiger partial charge in [0.2, 0.25) is 0 Å². The average Bonchev–Trinajstić information content (AvgIpc) is 3.17. The highest BCUT2D eigenvalue weighted by Crippen LogP contribution is 2.37. The highest BCUT2D eigenvalue weighted by Gasteiger charge is 2.19. The molecule has 1 fully saturated rings. The number of morpholine rings is 1. The van der Waals surface area contributed by atoms with Crippen LogP contribution in [0, 0.1) is 0 Å². The van der Waals surface area contributed by atoms with Crippen molar-refractivity contribution >= 4 is 27.4 Å². The molecular formula is C21H26N4O2S. The van der Waals surface area contributed by atoms with E-state index in [0.717, 1.165) is 65.7 Å². The zero-order valence-corrected chi connectivity index (χ0v) is 16.9. The van der Waals surface area contributed by atoms with Crippen LogP contribution in [0.2, 0.25) is 0 Å². The minimum absolute atomic E-state index is 0.0298. The fraction of sp³-hybridized carbons (Fsp3) is 0.429. The van der Waals surface area contributed by atoms with Crippen LogP contribution in [0.1, 0.15) is 19.2 Å². The van der Waals surface area contributed by atoms with Gasteiger partial charge in [-0.2, -0.15) is 0 Å². The molecule has 0 spiro atoms. The van der Waals surface area contributed by atoms with Gasteiger partial charge >= 0.3 is 0 Å². The molecule has 3 heterocycles. The Bertz CT molecular complexity index is 905. The number of nitrogens with zero attached hydrogens (tertiary/aromatic N) is 3. The first-order valence-electron chi connectivity index (χ1n) is 9.79. The number of ether oxygens (including phenoxy) is 1. The maximum absolute atomic E-state index is 9.70. The molecule has 1 aliphatic rings. The molecule has 148 valence electrons. The maximum atomic E-state index is 9.70. The second-order valence-corrected chi connectivity index (χ2v) is 7.86. The van der Waals surface area contributed by atoms with Crippen molar-refractivity contribution in [2.24, 2.45) is 0 Å². The van der Waals surface area contributed by atoms with Gasteiger partial charge in [-0.3, -0.25) is 4.90 Å². The van der Waals surface area contributed by atoms with Crippen LogP contribution in [0.15, 0.2) is 35.7 Å². The van der Waals surface area contributed by atoms with Gasteiger partial charge in [0.25, 0.3) is 0 Å². The second kappa shape index (κ2) is 8.96. The number of hydrogen-bond acceptors (Lipinski definition) is 7. The second-order valence-electron chi connectivity index (χ2n) is 7.00. The van der Waals surface area contributed by atoms with Crippen molar-refractivity contribution in [1.29, 1.82) is 0 Å². The third kappa shape index (κ3) is 4.17. The van der Waals surface area contributed by atoms with Crippen molar-refractivity contribution < 1.29 is 9.84 Å². The third-order valence-electron chi connectivity index (χ3n) is 5.09. The number of thiophene rings is 1. The van der Waals surface area contributed by atoms with E-state index in [1.165, 1.54) is 0 Å². The minimum Gasteiger partial charge on any atom is -0.394 e. The zero-order valence-electron chi connectivity index (χ0n) is 16.1. The molecule has 3 aromatic rings. The predicted octanol–water partition coefficient (Wildman–Crippen LogP) is 3.37. The Balaban J connectivity index is 1.75. The van der Waals surface area contributed by atoms with Crippen molar-refractivity contribution in [1.82, 2.24) is 14.9 Å². The van der Waals surface area contributed by atoms with Crippen LogP contribution in [0.25, 0.3) is 21.3 Å². The lowest BCUT2D eigenvalue weighted by Gasteiger charge is -2.26. The number of aliphatic hydroxyl groups is 1. The lowest BCUT2D eigenvalue weighted by atomic mass is 10.1. The molecule has 0 amide bonds. The number of benzene rings is 1. The SMILES string of the molecule is CC[C@H](CO)Nc1nc(CN2CCOCC2)nc2scc(-c3ccccc3)c12. The van der Waals surface area contributed by atoms with Crippen LogP contribution < -0.4 is 5.32 Å². The monoisotopic (exact) mass is 398 g/mol. The quantitative estimate of drug-likeness (QED) is 0.636. The lowest BCUT2D eigenvalue weighted by Crippen LogP contribution is -2.36. The summed E-state index contributed by atoms with van der Waals surface area (Å²) in [7, 11) is 0. The molecule has 1 aromatic carbocycles. The summed E-state index contributed by atoms with van der Waals surface area (Å²) in [4.78, 5) is 13.0. The van der Waals surface area contributed by atoms with E-state index >= 15 is 0 Å². The number of aliphatic hydroxyl groups excluding tert-OH is 1. The molecular weight excluding hydrogens is 372 g/mol. The van der Waals surface area contributed by atoms with Gasteiger partial charge in [0.05, 0.1) is 37.8 Å². The van der Waals surface area contributed by atoms with Crippen LogP contribution in [0.3, 0.4) is 0 Å². The van der Waals surface area contributed by atoms with E-state index in [-0.39, 0.29) is 12.6 Å². The summed E-state index contributed by atoms with van der Waals surface area (Å²) in [5.74, 6) is 1.63. The van der Waals surface area contributed by atoms with E-state index in [2.05, 4.69) is 34.7 Å². The summed E-state index contributed by atoms with van der Waals surface area (Å²) in [6.45, 7) is 6.16. The molecule has 7 heteroatoms. The van der Waals surface area contributed by atoms with E-state index in [0.29, 0.717) is 6.54 Å². The molecule has 0 unspecified atom stereocenters. The van der Waals surface area contributed by atoms with Gasteiger partial charge in [-0.05, 0) is 12.0 Å². The molecule has 4 rings (SSSR count). The van der Waals surface area contributed by atoms with Gasteiger partial charge in [-0.15, -0.1) is 11.3 Å². The smallest absolute Gasteiger partial charge is 0.146 e. The summed E-state index contributed by atoms with van der Waals surface area (Å²) in [6, 6.07) is 10.3. The molecule has 1 saturated heterocycles. The number of rotatable bonds is 7. The molecule has 6 nitrogen and oxygen atoms in total. The van der Waals surface area contributed by atoms with Crippen molar-refractivity contribution in [3.8, 4) is 11.1 Å². The molecule has 0 bridgehead atoms. The van der Waals surface area contributed by atoms with E-state index < -0.39 is 0 Å². The van der Waals surface area contributed by atoms with E-state index in [1.807, 2.05) is 18.2 Å². The molecule has 1 atom stereocenters. The van der Waals surface area contributed by atoms with Gasteiger partial charge < -0.3 is 15.2 Å². The van der Waals surface area contributed by atoms with Gasteiger partial charge in [-0.1, -0.05) is 37.3 Å². The molecule has 0 saturated carbocycles. The standard InChI is InChI=1S/C21H26N4O2S/c1-2-16(13-26)22-20-19-17(15-6-4-3-5-7-15)14-28-21(19)24-18(23-20)12-25-8-10-27-11-9-25/h3-7,14,16,26H,2,8-13H2,1H3,(H,22,23,24)/t16-/m1/s1. The Morgan fingerprint density at radius 3 is 2.71 bits per heavy atom. The summed E-state index contributed by atoms with van der Waals surface area (Å²) >= 11 is 1.64. The Hall–Kier alpha value is -2.06. The molecule has 0 aliphatic carbocycles. The van der Waals surface area contributed by atoms with Crippen molar-refractivity contribution in [2.75, 3.05) is 38.2 Å².